The summed E-state index contributed by atoms with van der Waals surface area (Å²) in [7, 11) is 0. The van der Waals surface area contributed by atoms with E-state index in [4.69, 9.17) is 0 Å². The monoisotopic (exact) mass is 509 g/mol. The number of nitrogens with one attached hydrogen (secondary N) is 1. The molecule has 0 spiro atoms. The first kappa shape index (κ1) is 20.8. The van der Waals surface area contributed by atoms with Gasteiger partial charge in [0.25, 0.3) is 5.91 Å². The molecule has 0 saturated carbocycles. The minimum Gasteiger partial charge on any atom is -0.294 e. The highest BCUT2D eigenvalue weighted by molar-refractivity contribution is 14.1. The summed E-state index contributed by atoms with van der Waals surface area (Å²) in [5.41, 5.74) is 9.14. The van der Waals surface area contributed by atoms with Crippen molar-refractivity contribution < 1.29 is 4.79 Å². The predicted octanol–water partition coefficient (Wildman–Crippen LogP) is 5.00. The highest BCUT2D eigenvalue weighted by Crippen LogP contribution is 2.20. The highest BCUT2D eigenvalue weighted by atomic mass is 127. The molecule has 1 aliphatic rings. The predicted molar refractivity (Wildman–Crippen MR) is 130 cm³/mol. The van der Waals surface area contributed by atoms with Gasteiger partial charge < -0.3 is 0 Å². The van der Waals surface area contributed by atoms with Gasteiger partial charge in [-0.2, -0.15) is 5.10 Å². The number of nitrogens with zero attached hydrogens (tertiary/aromatic N) is 2. The Kier molecular flexibility index (Phi) is 6.59. The summed E-state index contributed by atoms with van der Waals surface area (Å²) in [5.74, 6) is -0.196. The number of amides is 1. The Balaban J connectivity index is 1.34. The smallest absolute Gasteiger partial charge is 0.271 e. The lowest BCUT2D eigenvalue weighted by Crippen LogP contribution is -2.30. The Hall–Kier alpha value is -2.51. The molecule has 0 saturated heterocycles. The van der Waals surface area contributed by atoms with Crippen LogP contribution in [0, 0.1) is 3.57 Å². The Bertz CT molecular complexity index is 1060. The van der Waals surface area contributed by atoms with Gasteiger partial charge in [0.15, 0.2) is 0 Å². The summed E-state index contributed by atoms with van der Waals surface area (Å²) in [5, 5.41) is 4.24. The molecule has 30 heavy (non-hydrogen) atoms. The van der Waals surface area contributed by atoms with E-state index in [9.17, 15) is 4.79 Å². The third-order valence-electron chi connectivity index (χ3n) is 5.42. The van der Waals surface area contributed by atoms with Crippen molar-refractivity contribution in [3.63, 3.8) is 0 Å². The molecular weight excluding hydrogens is 485 g/mol. The molecule has 0 fully saturated rings. The van der Waals surface area contributed by atoms with E-state index in [1.54, 1.807) is 0 Å². The van der Waals surface area contributed by atoms with Crippen molar-refractivity contribution in [1.82, 2.24) is 10.3 Å². The van der Waals surface area contributed by atoms with Crippen LogP contribution in [0.15, 0.2) is 77.9 Å². The third kappa shape index (κ3) is 5.15. The topological polar surface area (TPSA) is 44.7 Å². The van der Waals surface area contributed by atoms with Crippen molar-refractivity contribution in [2.24, 2.45) is 5.10 Å². The van der Waals surface area contributed by atoms with E-state index in [2.05, 4.69) is 62.3 Å². The molecule has 1 heterocycles. The number of hydrogen-bond acceptors (Lipinski definition) is 3. The first-order valence-corrected chi connectivity index (χ1v) is 11.1. The fourth-order valence-corrected chi connectivity index (χ4v) is 4.02. The van der Waals surface area contributed by atoms with Gasteiger partial charge in [0.1, 0.15) is 0 Å². The van der Waals surface area contributed by atoms with Crippen LogP contribution in [0.25, 0.3) is 0 Å². The van der Waals surface area contributed by atoms with Crippen LogP contribution < -0.4 is 5.43 Å². The number of fused-ring (bicyclic) bond motifs is 1. The van der Waals surface area contributed by atoms with E-state index in [0.29, 0.717) is 5.56 Å². The maximum atomic E-state index is 12.4. The van der Waals surface area contributed by atoms with Crippen LogP contribution in [0.4, 0.5) is 0 Å². The van der Waals surface area contributed by atoms with Gasteiger partial charge in [-0.25, -0.2) is 5.43 Å². The second kappa shape index (κ2) is 9.53. The van der Waals surface area contributed by atoms with Crippen molar-refractivity contribution in [1.29, 1.82) is 0 Å². The quantitative estimate of drug-likeness (QED) is 0.299. The molecule has 3 aromatic rings. The molecule has 0 aromatic heterocycles. The summed E-state index contributed by atoms with van der Waals surface area (Å²) < 4.78 is 1.17. The number of carbonyl (C=O) groups excluding carboxylic acids is 1. The van der Waals surface area contributed by atoms with Crippen LogP contribution in [0.5, 0.6) is 0 Å². The lowest BCUT2D eigenvalue weighted by molar-refractivity contribution is 0.0955. The minimum atomic E-state index is -0.196. The second-order valence-corrected chi connectivity index (χ2v) is 8.82. The average molecular weight is 509 g/mol. The number of rotatable bonds is 5. The maximum Gasteiger partial charge on any atom is 0.271 e. The van der Waals surface area contributed by atoms with E-state index in [1.807, 2.05) is 55.5 Å². The molecule has 4 rings (SSSR count). The molecule has 0 unspecified atom stereocenters. The van der Waals surface area contributed by atoms with Crippen LogP contribution in [0.3, 0.4) is 0 Å². The molecule has 1 amide bonds. The van der Waals surface area contributed by atoms with Gasteiger partial charge in [0, 0.05) is 28.8 Å². The van der Waals surface area contributed by atoms with Crippen LogP contribution in [-0.2, 0) is 19.5 Å². The van der Waals surface area contributed by atoms with Crippen molar-refractivity contribution in [2.45, 2.75) is 26.4 Å². The number of hydrogen-bond donors (Lipinski definition) is 1. The maximum absolute atomic E-state index is 12.4. The summed E-state index contributed by atoms with van der Waals surface area (Å²) in [6.07, 6.45) is 1.09. The molecule has 0 aliphatic carbocycles. The van der Waals surface area contributed by atoms with Gasteiger partial charge in [0.2, 0.25) is 0 Å². The van der Waals surface area contributed by atoms with Crippen LogP contribution in [0.2, 0.25) is 0 Å². The van der Waals surface area contributed by atoms with Crippen LogP contribution in [-0.4, -0.2) is 23.1 Å². The number of halogens is 1. The molecule has 1 aliphatic heterocycles. The molecule has 5 heteroatoms. The SMILES string of the molecule is C/C(=N/NC(=O)c1ccc(CN2CCc3ccccc3C2)cc1)c1ccc(I)cc1. The fourth-order valence-electron chi connectivity index (χ4n) is 3.66. The number of benzene rings is 3. The van der Waals surface area contributed by atoms with Gasteiger partial charge in [-0.1, -0.05) is 48.5 Å². The highest BCUT2D eigenvalue weighted by Gasteiger charge is 2.16. The van der Waals surface area contributed by atoms with Gasteiger partial charge in [-0.15, -0.1) is 0 Å². The standard InChI is InChI=1S/C25H24IN3O/c1-18(20-10-12-24(26)13-11-20)27-28-25(30)22-8-6-19(7-9-22)16-29-15-14-21-4-2-3-5-23(21)17-29/h2-13H,14-17H2,1H3,(H,28,30)/b27-18-. The largest absolute Gasteiger partial charge is 0.294 e. The Morgan fingerprint density at radius 2 is 1.63 bits per heavy atom. The van der Waals surface area contributed by atoms with Gasteiger partial charge >= 0.3 is 0 Å². The minimum absolute atomic E-state index is 0.196. The van der Waals surface area contributed by atoms with E-state index >= 15 is 0 Å². The van der Waals surface area contributed by atoms with E-state index in [1.165, 1.54) is 20.3 Å². The Labute approximate surface area is 191 Å². The lowest BCUT2D eigenvalue weighted by Gasteiger charge is -2.28. The first-order valence-electron chi connectivity index (χ1n) is 10.1. The zero-order valence-electron chi connectivity index (χ0n) is 16.9. The zero-order chi connectivity index (χ0) is 20.9. The van der Waals surface area contributed by atoms with E-state index < -0.39 is 0 Å². The number of carbonyl (C=O) groups is 1. The van der Waals surface area contributed by atoms with Crippen molar-refractivity contribution in [3.8, 4) is 0 Å². The van der Waals surface area contributed by atoms with Crippen molar-refractivity contribution in [2.75, 3.05) is 6.54 Å². The van der Waals surface area contributed by atoms with Gasteiger partial charge in [0.05, 0.1) is 5.71 Å². The average Bonchev–Trinajstić information content (AvgIpc) is 2.78. The summed E-state index contributed by atoms with van der Waals surface area (Å²) in [6, 6.07) is 24.5. The van der Waals surface area contributed by atoms with Crippen LogP contribution >= 0.6 is 22.6 Å². The normalized spacial score (nSPS) is 14.3. The van der Waals surface area contributed by atoms with Gasteiger partial charge in [-0.05, 0) is 82.5 Å². The van der Waals surface area contributed by atoms with E-state index in [-0.39, 0.29) is 5.91 Å². The summed E-state index contributed by atoms with van der Waals surface area (Å²) in [4.78, 5) is 14.9. The summed E-state index contributed by atoms with van der Waals surface area (Å²) in [6.45, 7) is 4.82. The lowest BCUT2D eigenvalue weighted by atomic mass is 9.99. The molecule has 0 atom stereocenters. The van der Waals surface area contributed by atoms with E-state index in [0.717, 1.165) is 37.3 Å². The molecule has 1 N–H and O–H groups in total. The molecule has 3 aromatic carbocycles. The molecule has 152 valence electrons. The first-order chi connectivity index (χ1) is 14.6. The fraction of sp³-hybridized carbons (Fsp3) is 0.200. The third-order valence-corrected chi connectivity index (χ3v) is 6.14. The molecule has 4 nitrogen and oxygen atoms in total. The van der Waals surface area contributed by atoms with Crippen molar-refractivity contribution >= 4 is 34.2 Å². The zero-order valence-corrected chi connectivity index (χ0v) is 19.1. The molecule has 0 radical (unpaired) electrons. The second-order valence-electron chi connectivity index (χ2n) is 7.57. The van der Waals surface area contributed by atoms with Crippen molar-refractivity contribution in [3.05, 3.63) is 104 Å². The summed E-state index contributed by atoms with van der Waals surface area (Å²) >= 11 is 2.27. The molecule has 0 bridgehead atoms. The Morgan fingerprint density at radius 1 is 0.967 bits per heavy atom. The van der Waals surface area contributed by atoms with Crippen LogP contribution in [0.1, 0.15) is 39.5 Å². The number of hydrazone groups is 1. The Morgan fingerprint density at radius 3 is 2.37 bits per heavy atom. The molecular formula is C25H24IN3O. The van der Waals surface area contributed by atoms with Gasteiger partial charge in [-0.3, -0.25) is 9.69 Å².